The SMILES string of the molecule is CCCC(N)C(=O)NCC(C)(C)c1ccccc1Br.Cl. The molecule has 0 heterocycles. The first kappa shape index (κ1) is 19.4. The summed E-state index contributed by atoms with van der Waals surface area (Å²) in [5, 5.41) is 2.95. The largest absolute Gasteiger partial charge is 0.354 e. The normalized spacial score (nSPS) is 12.4. The van der Waals surface area contributed by atoms with Gasteiger partial charge in [0.25, 0.3) is 0 Å². The van der Waals surface area contributed by atoms with Gasteiger partial charge in [-0.05, 0) is 18.1 Å². The monoisotopic (exact) mass is 362 g/mol. The van der Waals surface area contributed by atoms with Crippen molar-refractivity contribution in [2.45, 2.75) is 45.1 Å². The van der Waals surface area contributed by atoms with Crippen LogP contribution < -0.4 is 11.1 Å². The molecule has 1 atom stereocenters. The van der Waals surface area contributed by atoms with E-state index in [0.717, 1.165) is 17.3 Å². The first-order valence-corrected chi connectivity index (χ1v) is 7.46. The molecule has 0 aliphatic carbocycles. The Hall–Kier alpha value is -0.580. The van der Waals surface area contributed by atoms with Gasteiger partial charge in [0.1, 0.15) is 0 Å². The quantitative estimate of drug-likeness (QED) is 0.814. The summed E-state index contributed by atoms with van der Waals surface area (Å²) < 4.78 is 1.06. The predicted octanol–water partition coefficient (Wildman–Crippen LogP) is 3.39. The van der Waals surface area contributed by atoms with E-state index in [0.29, 0.717) is 6.54 Å². The summed E-state index contributed by atoms with van der Waals surface area (Å²) in [7, 11) is 0. The van der Waals surface area contributed by atoms with Crippen LogP contribution in [0.5, 0.6) is 0 Å². The zero-order valence-electron chi connectivity index (χ0n) is 12.3. The van der Waals surface area contributed by atoms with E-state index in [9.17, 15) is 4.79 Å². The van der Waals surface area contributed by atoms with Gasteiger partial charge in [0.2, 0.25) is 5.91 Å². The molecule has 1 rings (SSSR count). The van der Waals surface area contributed by atoms with Crippen LogP contribution in [0.4, 0.5) is 0 Å². The van der Waals surface area contributed by atoms with Crippen LogP contribution in [0.15, 0.2) is 28.7 Å². The van der Waals surface area contributed by atoms with Crippen molar-refractivity contribution in [2.24, 2.45) is 5.73 Å². The smallest absolute Gasteiger partial charge is 0.236 e. The van der Waals surface area contributed by atoms with Crippen LogP contribution >= 0.6 is 28.3 Å². The van der Waals surface area contributed by atoms with Crippen LogP contribution in [0.1, 0.15) is 39.2 Å². The molecule has 1 aromatic rings. The number of halogens is 2. The average molecular weight is 364 g/mol. The average Bonchev–Trinajstić information content (AvgIpc) is 2.36. The molecular weight excluding hydrogens is 340 g/mol. The second-order valence-electron chi connectivity index (χ2n) is 5.48. The van der Waals surface area contributed by atoms with Crippen molar-refractivity contribution in [1.29, 1.82) is 0 Å². The Morgan fingerprint density at radius 1 is 1.40 bits per heavy atom. The lowest BCUT2D eigenvalue weighted by molar-refractivity contribution is -0.122. The number of amides is 1. The second kappa shape index (κ2) is 8.65. The van der Waals surface area contributed by atoms with Crippen molar-refractivity contribution in [1.82, 2.24) is 5.32 Å². The number of rotatable bonds is 6. The van der Waals surface area contributed by atoms with Crippen LogP contribution in [0.3, 0.4) is 0 Å². The minimum Gasteiger partial charge on any atom is -0.354 e. The third-order valence-electron chi connectivity index (χ3n) is 3.24. The molecule has 0 aliphatic rings. The lowest BCUT2D eigenvalue weighted by Crippen LogP contribution is -2.45. The molecule has 1 amide bonds. The van der Waals surface area contributed by atoms with E-state index in [4.69, 9.17) is 5.73 Å². The van der Waals surface area contributed by atoms with Crippen molar-refractivity contribution < 1.29 is 4.79 Å². The minimum absolute atomic E-state index is 0. The van der Waals surface area contributed by atoms with E-state index in [-0.39, 0.29) is 23.7 Å². The fourth-order valence-corrected chi connectivity index (χ4v) is 2.81. The highest BCUT2D eigenvalue weighted by molar-refractivity contribution is 9.10. The van der Waals surface area contributed by atoms with Gasteiger partial charge in [-0.3, -0.25) is 4.79 Å². The maximum Gasteiger partial charge on any atom is 0.236 e. The summed E-state index contributed by atoms with van der Waals surface area (Å²) in [5.74, 6) is -0.0676. The maximum atomic E-state index is 11.8. The Morgan fingerprint density at radius 3 is 2.55 bits per heavy atom. The van der Waals surface area contributed by atoms with Crippen LogP contribution in [0.2, 0.25) is 0 Å². The van der Waals surface area contributed by atoms with Crippen LogP contribution in [0.25, 0.3) is 0 Å². The topological polar surface area (TPSA) is 55.1 Å². The van der Waals surface area contributed by atoms with Crippen molar-refractivity contribution in [3.8, 4) is 0 Å². The van der Waals surface area contributed by atoms with E-state index < -0.39 is 6.04 Å². The number of carbonyl (C=O) groups excluding carboxylic acids is 1. The molecule has 114 valence electrons. The molecule has 0 fully saturated rings. The lowest BCUT2D eigenvalue weighted by atomic mass is 9.84. The van der Waals surface area contributed by atoms with Gasteiger partial charge in [-0.15, -0.1) is 12.4 Å². The van der Waals surface area contributed by atoms with E-state index in [1.54, 1.807) is 0 Å². The molecule has 0 aliphatic heterocycles. The van der Waals surface area contributed by atoms with Crippen molar-refractivity contribution in [2.75, 3.05) is 6.54 Å². The van der Waals surface area contributed by atoms with Crippen molar-refractivity contribution in [3.05, 3.63) is 34.3 Å². The Morgan fingerprint density at radius 2 is 2.00 bits per heavy atom. The first-order chi connectivity index (χ1) is 8.88. The predicted molar refractivity (Wildman–Crippen MR) is 90.3 cm³/mol. The van der Waals surface area contributed by atoms with E-state index in [2.05, 4.69) is 41.2 Å². The van der Waals surface area contributed by atoms with Crippen molar-refractivity contribution in [3.63, 3.8) is 0 Å². The molecule has 0 saturated heterocycles. The minimum atomic E-state index is -0.403. The third-order valence-corrected chi connectivity index (χ3v) is 3.94. The van der Waals surface area contributed by atoms with Gasteiger partial charge in [0.15, 0.2) is 0 Å². The van der Waals surface area contributed by atoms with Gasteiger partial charge in [0.05, 0.1) is 6.04 Å². The first-order valence-electron chi connectivity index (χ1n) is 6.66. The summed E-state index contributed by atoms with van der Waals surface area (Å²) in [6.45, 7) is 6.82. The van der Waals surface area contributed by atoms with E-state index in [1.807, 2.05) is 25.1 Å². The number of benzene rings is 1. The fraction of sp³-hybridized carbons (Fsp3) is 0.533. The molecule has 0 spiro atoms. The number of nitrogens with two attached hydrogens (primary N) is 1. The van der Waals surface area contributed by atoms with Gasteiger partial charge in [-0.2, -0.15) is 0 Å². The standard InChI is InChI=1S/C15H23BrN2O.ClH/c1-4-7-13(17)14(19)18-10-15(2,3)11-8-5-6-9-12(11)16;/h5-6,8-9,13H,4,7,10,17H2,1-3H3,(H,18,19);1H. The molecule has 20 heavy (non-hydrogen) atoms. The fourth-order valence-electron chi connectivity index (χ4n) is 1.99. The Kier molecular flexibility index (Phi) is 8.40. The van der Waals surface area contributed by atoms with Gasteiger partial charge in [-0.1, -0.05) is 61.3 Å². The molecule has 5 heteroatoms. The maximum absolute atomic E-state index is 11.8. The van der Waals surface area contributed by atoms with Gasteiger partial charge < -0.3 is 11.1 Å². The Labute approximate surface area is 136 Å². The second-order valence-corrected chi connectivity index (χ2v) is 6.33. The van der Waals surface area contributed by atoms with E-state index >= 15 is 0 Å². The van der Waals surface area contributed by atoms with Crippen LogP contribution in [0, 0.1) is 0 Å². The van der Waals surface area contributed by atoms with Gasteiger partial charge in [-0.25, -0.2) is 0 Å². The molecule has 1 aromatic carbocycles. The molecular formula is C15H24BrClN2O. The van der Waals surface area contributed by atoms with Gasteiger partial charge in [0, 0.05) is 16.4 Å². The summed E-state index contributed by atoms with van der Waals surface area (Å²) in [6.07, 6.45) is 1.64. The highest BCUT2D eigenvalue weighted by Gasteiger charge is 2.24. The highest BCUT2D eigenvalue weighted by atomic mass is 79.9. The molecule has 0 saturated carbocycles. The third kappa shape index (κ3) is 5.43. The van der Waals surface area contributed by atoms with Crippen LogP contribution in [-0.2, 0) is 10.2 Å². The summed E-state index contributed by atoms with van der Waals surface area (Å²) in [4.78, 5) is 11.8. The Bertz CT molecular complexity index is 438. The zero-order chi connectivity index (χ0) is 14.5. The number of hydrogen-bond acceptors (Lipinski definition) is 2. The molecule has 0 aromatic heterocycles. The molecule has 0 bridgehead atoms. The molecule has 1 unspecified atom stereocenters. The summed E-state index contributed by atoms with van der Waals surface area (Å²) in [5.41, 5.74) is 6.85. The van der Waals surface area contributed by atoms with Crippen molar-refractivity contribution >= 4 is 34.2 Å². The summed E-state index contributed by atoms with van der Waals surface area (Å²) >= 11 is 3.56. The number of hydrogen-bond donors (Lipinski definition) is 2. The molecule has 3 nitrogen and oxygen atoms in total. The molecule has 0 radical (unpaired) electrons. The lowest BCUT2D eigenvalue weighted by Gasteiger charge is -2.27. The molecule has 3 N–H and O–H groups in total. The van der Waals surface area contributed by atoms with Crippen LogP contribution in [-0.4, -0.2) is 18.5 Å². The number of carbonyl (C=O) groups is 1. The Balaban J connectivity index is 0.00000361. The zero-order valence-corrected chi connectivity index (χ0v) is 14.7. The highest BCUT2D eigenvalue weighted by Crippen LogP contribution is 2.29. The summed E-state index contributed by atoms with van der Waals surface area (Å²) in [6, 6.07) is 7.68. The van der Waals surface area contributed by atoms with E-state index in [1.165, 1.54) is 5.56 Å². The number of nitrogens with one attached hydrogen (secondary N) is 1. The van der Waals surface area contributed by atoms with Gasteiger partial charge >= 0.3 is 0 Å².